The van der Waals surface area contributed by atoms with E-state index in [4.69, 9.17) is 4.74 Å². The monoisotopic (exact) mass is 429 g/mol. The van der Waals surface area contributed by atoms with Crippen LogP contribution in [-0.4, -0.2) is 18.0 Å². The molecule has 0 bridgehead atoms. The molecule has 26 heavy (non-hydrogen) atoms. The fourth-order valence-electron chi connectivity index (χ4n) is 2.12. The van der Waals surface area contributed by atoms with Crippen LogP contribution in [0.2, 0.25) is 0 Å². The van der Waals surface area contributed by atoms with Crippen molar-refractivity contribution in [3.05, 3.63) is 76.9 Å². The van der Waals surface area contributed by atoms with Gasteiger partial charge < -0.3 is 14.8 Å². The van der Waals surface area contributed by atoms with Gasteiger partial charge in [-0.1, -0.05) is 22.0 Å². The predicted molar refractivity (Wildman–Crippen MR) is 109 cm³/mol. The number of amides is 1. The summed E-state index contributed by atoms with van der Waals surface area (Å²) in [6.45, 7) is 0. The molecule has 0 saturated carbocycles. The third kappa shape index (κ3) is 5.00. The lowest BCUT2D eigenvalue weighted by Crippen LogP contribution is -2.12. The Hall–Kier alpha value is -2.51. The molecule has 1 amide bonds. The van der Waals surface area contributed by atoms with Crippen LogP contribution in [0.4, 0.5) is 11.4 Å². The zero-order chi connectivity index (χ0) is 18.4. The Morgan fingerprint density at radius 3 is 2.58 bits per heavy atom. The molecule has 2 aromatic carbocycles. The van der Waals surface area contributed by atoms with Gasteiger partial charge in [-0.25, -0.2) is 4.98 Å². The quantitative estimate of drug-likeness (QED) is 0.525. The zero-order valence-electron chi connectivity index (χ0n) is 13.9. The number of pyridine rings is 1. The number of hydrogen-bond acceptors (Lipinski definition) is 5. The SMILES string of the molecule is COc1ccc(NC(=O)c2cccc(NSc3ccc(Br)cc3)c2)cn1. The van der Waals surface area contributed by atoms with Crippen molar-refractivity contribution in [2.45, 2.75) is 4.90 Å². The summed E-state index contributed by atoms with van der Waals surface area (Å²) in [5, 5.41) is 2.82. The topological polar surface area (TPSA) is 63.2 Å². The number of nitrogens with one attached hydrogen (secondary N) is 2. The first-order chi connectivity index (χ1) is 12.6. The second kappa shape index (κ2) is 8.73. The first-order valence-corrected chi connectivity index (χ1v) is 9.35. The molecule has 0 radical (unpaired) electrons. The Morgan fingerprint density at radius 1 is 1.08 bits per heavy atom. The van der Waals surface area contributed by atoms with Gasteiger partial charge >= 0.3 is 0 Å². The molecule has 0 aliphatic carbocycles. The van der Waals surface area contributed by atoms with Crippen LogP contribution in [0.15, 0.2) is 76.2 Å². The molecule has 0 atom stereocenters. The van der Waals surface area contributed by atoms with Gasteiger partial charge in [0.2, 0.25) is 5.88 Å². The van der Waals surface area contributed by atoms with Gasteiger partial charge in [-0.2, -0.15) is 0 Å². The molecule has 0 saturated heterocycles. The normalized spacial score (nSPS) is 10.2. The van der Waals surface area contributed by atoms with Crippen LogP contribution in [0.3, 0.4) is 0 Å². The molecule has 0 aliphatic rings. The summed E-state index contributed by atoms with van der Waals surface area (Å²) in [6.07, 6.45) is 1.56. The van der Waals surface area contributed by atoms with E-state index in [9.17, 15) is 4.79 Å². The van der Waals surface area contributed by atoms with Crippen molar-refractivity contribution in [3.63, 3.8) is 0 Å². The number of anilines is 2. The highest BCUT2D eigenvalue weighted by Gasteiger charge is 2.07. The van der Waals surface area contributed by atoms with Gasteiger partial charge in [0.15, 0.2) is 0 Å². The first-order valence-electron chi connectivity index (χ1n) is 7.74. The van der Waals surface area contributed by atoms with Crippen molar-refractivity contribution >= 4 is 45.2 Å². The minimum Gasteiger partial charge on any atom is -0.481 e. The third-order valence-corrected chi connectivity index (χ3v) is 4.80. The summed E-state index contributed by atoms with van der Waals surface area (Å²) < 4.78 is 9.29. The number of carbonyl (C=O) groups is 1. The molecule has 3 rings (SSSR count). The summed E-state index contributed by atoms with van der Waals surface area (Å²) in [4.78, 5) is 17.6. The Morgan fingerprint density at radius 2 is 1.88 bits per heavy atom. The van der Waals surface area contributed by atoms with Crippen molar-refractivity contribution in [2.75, 3.05) is 17.1 Å². The maximum Gasteiger partial charge on any atom is 0.255 e. The van der Waals surface area contributed by atoms with Gasteiger partial charge in [-0.3, -0.25) is 4.79 Å². The van der Waals surface area contributed by atoms with Crippen LogP contribution < -0.4 is 14.8 Å². The van der Waals surface area contributed by atoms with E-state index in [0.29, 0.717) is 17.1 Å². The van der Waals surface area contributed by atoms with Crippen LogP contribution in [0.1, 0.15) is 10.4 Å². The fourth-order valence-corrected chi connectivity index (χ4v) is 3.02. The molecule has 7 heteroatoms. The van der Waals surface area contributed by atoms with E-state index < -0.39 is 0 Å². The summed E-state index contributed by atoms with van der Waals surface area (Å²) in [6, 6.07) is 18.7. The summed E-state index contributed by atoms with van der Waals surface area (Å²) in [7, 11) is 1.55. The van der Waals surface area contributed by atoms with E-state index in [1.165, 1.54) is 11.9 Å². The standard InChI is InChI=1S/C19H16BrN3O2S/c1-25-18-10-7-16(12-21-18)22-19(24)13-3-2-4-15(11-13)23-26-17-8-5-14(20)6-9-17/h2-12,23H,1H3,(H,22,24). The van der Waals surface area contributed by atoms with Crippen LogP contribution >= 0.6 is 27.9 Å². The Bertz CT molecular complexity index is 886. The summed E-state index contributed by atoms with van der Waals surface area (Å²) in [5.41, 5.74) is 2.01. The van der Waals surface area contributed by atoms with E-state index in [2.05, 4.69) is 31.0 Å². The molecule has 1 heterocycles. The maximum atomic E-state index is 12.4. The lowest BCUT2D eigenvalue weighted by molar-refractivity contribution is 0.102. The smallest absolute Gasteiger partial charge is 0.255 e. The predicted octanol–water partition coefficient (Wildman–Crippen LogP) is 5.22. The van der Waals surface area contributed by atoms with Crippen LogP contribution in [0, 0.1) is 0 Å². The molecular weight excluding hydrogens is 414 g/mol. The molecule has 3 aromatic rings. The van der Waals surface area contributed by atoms with Crippen LogP contribution in [-0.2, 0) is 0 Å². The highest BCUT2D eigenvalue weighted by atomic mass is 79.9. The number of benzene rings is 2. The average Bonchev–Trinajstić information content (AvgIpc) is 2.68. The number of halogens is 1. The molecule has 0 spiro atoms. The Balaban J connectivity index is 1.63. The van der Waals surface area contributed by atoms with Crippen molar-refractivity contribution in [3.8, 4) is 5.88 Å². The first kappa shape index (κ1) is 18.3. The summed E-state index contributed by atoms with van der Waals surface area (Å²) >= 11 is 4.90. The molecular formula is C19H16BrN3O2S. The minimum atomic E-state index is -0.200. The van der Waals surface area contributed by atoms with Crippen LogP contribution in [0.25, 0.3) is 0 Å². The highest BCUT2D eigenvalue weighted by molar-refractivity contribution is 9.10. The summed E-state index contributed by atoms with van der Waals surface area (Å²) in [5.74, 6) is 0.299. The van der Waals surface area contributed by atoms with E-state index >= 15 is 0 Å². The lowest BCUT2D eigenvalue weighted by atomic mass is 10.2. The highest BCUT2D eigenvalue weighted by Crippen LogP contribution is 2.23. The second-order valence-electron chi connectivity index (χ2n) is 5.28. The number of rotatable bonds is 6. The zero-order valence-corrected chi connectivity index (χ0v) is 16.3. The van der Waals surface area contributed by atoms with Gasteiger partial charge in [0, 0.05) is 26.7 Å². The number of carbonyl (C=O) groups excluding carboxylic acids is 1. The lowest BCUT2D eigenvalue weighted by Gasteiger charge is -2.09. The molecule has 0 unspecified atom stereocenters. The largest absolute Gasteiger partial charge is 0.481 e. The number of nitrogens with zero attached hydrogens (tertiary/aromatic N) is 1. The van der Waals surface area contributed by atoms with E-state index in [1.807, 2.05) is 36.4 Å². The molecule has 0 aliphatic heterocycles. The van der Waals surface area contributed by atoms with Crippen molar-refractivity contribution in [2.24, 2.45) is 0 Å². The average molecular weight is 430 g/mol. The molecule has 2 N–H and O–H groups in total. The van der Waals surface area contributed by atoms with Gasteiger partial charge in [0.05, 0.1) is 19.0 Å². The van der Waals surface area contributed by atoms with Gasteiger partial charge in [-0.15, -0.1) is 0 Å². The van der Waals surface area contributed by atoms with Crippen molar-refractivity contribution in [1.82, 2.24) is 4.98 Å². The molecule has 0 fully saturated rings. The van der Waals surface area contributed by atoms with E-state index in [0.717, 1.165) is 15.1 Å². The second-order valence-corrected chi connectivity index (χ2v) is 7.08. The fraction of sp³-hybridized carbons (Fsp3) is 0.0526. The number of methoxy groups -OCH3 is 1. The molecule has 1 aromatic heterocycles. The van der Waals surface area contributed by atoms with E-state index in [-0.39, 0.29) is 5.91 Å². The van der Waals surface area contributed by atoms with Crippen LogP contribution in [0.5, 0.6) is 5.88 Å². The van der Waals surface area contributed by atoms with Crippen molar-refractivity contribution in [1.29, 1.82) is 0 Å². The number of aromatic nitrogens is 1. The van der Waals surface area contributed by atoms with E-state index in [1.54, 1.807) is 37.6 Å². The Kier molecular flexibility index (Phi) is 6.14. The third-order valence-electron chi connectivity index (χ3n) is 3.43. The number of hydrogen-bond donors (Lipinski definition) is 2. The van der Waals surface area contributed by atoms with Crippen molar-refractivity contribution < 1.29 is 9.53 Å². The molecule has 5 nitrogen and oxygen atoms in total. The number of ether oxygens (including phenoxy) is 1. The maximum absolute atomic E-state index is 12.4. The van der Waals surface area contributed by atoms with Gasteiger partial charge in [0.25, 0.3) is 5.91 Å². The van der Waals surface area contributed by atoms with Gasteiger partial charge in [0.1, 0.15) is 0 Å². The van der Waals surface area contributed by atoms with Gasteiger partial charge in [-0.05, 0) is 60.5 Å². The Labute approximate surface area is 164 Å². The minimum absolute atomic E-state index is 0.200. The molecule has 132 valence electrons.